The highest BCUT2D eigenvalue weighted by Crippen LogP contribution is 2.41. The Bertz CT molecular complexity index is 908. The zero-order valence-corrected chi connectivity index (χ0v) is 16.6. The zero-order valence-electron chi connectivity index (χ0n) is 14.0. The topological polar surface area (TPSA) is 72.7 Å². The highest BCUT2D eigenvalue weighted by atomic mass is 35.5. The van der Waals surface area contributed by atoms with Crippen molar-refractivity contribution in [3.63, 3.8) is 0 Å². The predicted molar refractivity (Wildman–Crippen MR) is 107 cm³/mol. The van der Waals surface area contributed by atoms with Crippen molar-refractivity contribution in [3.8, 4) is 5.13 Å². The molecular formula is C17H18ClN5OS2. The highest BCUT2D eigenvalue weighted by Gasteiger charge is 2.25. The Balaban J connectivity index is 0.00000196. The van der Waals surface area contributed by atoms with E-state index in [0.29, 0.717) is 27.5 Å². The number of halogens is 1. The maximum atomic E-state index is 12.7. The monoisotopic (exact) mass is 407 g/mol. The van der Waals surface area contributed by atoms with Gasteiger partial charge in [-0.1, -0.05) is 11.6 Å². The van der Waals surface area contributed by atoms with Crippen LogP contribution in [0.25, 0.3) is 5.13 Å². The molecule has 3 aromatic rings. The molecule has 1 fully saturated rings. The fourth-order valence-electron chi connectivity index (χ4n) is 2.75. The molecule has 1 saturated carbocycles. The van der Waals surface area contributed by atoms with Gasteiger partial charge in [-0.3, -0.25) is 4.79 Å². The summed E-state index contributed by atoms with van der Waals surface area (Å²) in [6, 6.07) is 5.25. The molecule has 0 saturated heterocycles. The van der Waals surface area contributed by atoms with Gasteiger partial charge in [-0.25, -0.2) is 9.97 Å². The molecule has 26 heavy (non-hydrogen) atoms. The number of hydrogen-bond acceptors (Lipinski definition) is 5. The molecule has 1 atom stereocenters. The summed E-state index contributed by atoms with van der Waals surface area (Å²) in [5, 5.41) is 10.3. The summed E-state index contributed by atoms with van der Waals surface area (Å²) < 4.78 is 1.64. The van der Waals surface area contributed by atoms with Crippen molar-refractivity contribution in [3.05, 3.63) is 58.1 Å². The second-order valence-corrected chi connectivity index (χ2v) is 7.40. The molecule has 2 heterocycles. The van der Waals surface area contributed by atoms with E-state index in [4.69, 9.17) is 11.6 Å². The van der Waals surface area contributed by atoms with Crippen LogP contribution in [0.15, 0.2) is 36.1 Å². The SMILES string of the molecule is C[C@@H](NC(=O)c1cc(Cl)cc(C2CC2)c1)c1ncnn1-c1nccs1.S. The summed E-state index contributed by atoms with van der Waals surface area (Å²) in [4.78, 5) is 21.2. The molecular weight excluding hydrogens is 390 g/mol. The Morgan fingerprint density at radius 1 is 1.35 bits per heavy atom. The van der Waals surface area contributed by atoms with Gasteiger partial charge in [0.25, 0.3) is 5.91 Å². The van der Waals surface area contributed by atoms with Crippen LogP contribution in [0.2, 0.25) is 5.02 Å². The van der Waals surface area contributed by atoms with Gasteiger partial charge in [-0.05, 0) is 49.4 Å². The second-order valence-electron chi connectivity index (χ2n) is 6.09. The normalized spacial score (nSPS) is 14.5. The lowest BCUT2D eigenvalue weighted by atomic mass is 10.1. The van der Waals surface area contributed by atoms with E-state index in [1.165, 1.54) is 17.7 Å². The van der Waals surface area contributed by atoms with Gasteiger partial charge in [-0.2, -0.15) is 23.3 Å². The number of nitrogens with zero attached hydrogens (tertiary/aromatic N) is 4. The standard InChI is InChI=1S/C17H16ClN5OS.H2S/c1-10(15-20-9-21-23(15)17-19-4-5-25-17)22-16(24)13-6-12(11-2-3-11)7-14(18)8-13;/h4-11H,2-3H2,1H3,(H,22,24);1H2/t10-;/m1./s1. The smallest absolute Gasteiger partial charge is 0.251 e. The van der Waals surface area contributed by atoms with E-state index in [2.05, 4.69) is 20.4 Å². The summed E-state index contributed by atoms with van der Waals surface area (Å²) in [7, 11) is 0. The average molecular weight is 408 g/mol. The summed E-state index contributed by atoms with van der Waals surface area (Å²) >= 11 is 7.64. The minimum absolute atomic E-state index is 0. The Morgan fingerprint density at radius 2 is 2.15 bits per heavy atom. The lowest BCUT2D eigenvalue weighted by molar-refractivity contribution is 0.0938. The van der Waals surface area contributed by atoms with Gasteiger partial charge in [0.05, 0.1) is 6.04 Å². The summed E-state index contributed by atoms with van der Waals surface area (Å²) in [5.74, 6) is 0.994. The molecule has 1 aromatic carbocycles. The zero-order chi connectivity index (χ0) is 17.4. The number of thiazole rings is 1. The van der Waals surface area contributed by atoms with E-state index in [-0.39, 0.29) is 25.4 Å². The molecule has 1 aliphatic rings. The molecule has 1 aliphatic carbocycles. The van der Waals surface area contributed by atoms with Crippen LogP contribution in [0.5, 0.6) is 0 Å². The number of carbonyl (C=O) groups is 1. The highest BCUT2D eigenvalue weighted by molar-refractivity contribution is 7.59. The van der Waals surface area contributed by atoms with Crippen molar-refractivity contribution < 1.29 is 4.79 Å². The molecule has 0 aliphatic heterocycles. The first kappa shape index (κ1) is 18.9. The molecule has 4 rings (SSSR count). The molecule has 0 unspecified atom stereocenters. The minimum atomic E-state index is -0.317. The molecule has 136 valence electrons. The molecule has 0 spiro atoms. The van der Waals surface area contributed by atoms with Crippen LogP contribution >= 0.6 is 36.4 Å². The van der Waals surface area contributed by atoms with Gasteiger partial charge in [0.15, 0.2) is 5.82 Å². The van der Waals surface area contributed by atoms with Crippen LogP contribution < -0.4 is 5.32 Å². The Morgan fingerprint density at radius 3 is 2.85 bits per heavy atom. The first-order valence-electron chi connectivity index (χ1n) is 8.03. The van der Waals surface area contributed by atoms with Gasteiger partial charge >= 0.3 is 0 Å². The van der Waals surface area contributed by atoms with Crippen molar-refractivity contribution >= 4 is 42.3 Å². The average Bonchev–Trinajstić information content (AvgIpc) is 3.09. The number of benzene rings is 1. The van der Waals surface area contributed by atoms with E-state index in [0.717, 1.165) is 18.4 Å². The molecule has 0 bridgehead atoms. The number of carbonyl (C=O) groups excluding carboxylic acids is 1. The van der Waals surface area contributed by atoms with Crippen molar-refractivity contribution in [1.82, 2.24) is 25.1 Å². The fourth-order valence-corrected chi connectivity index (χ4v) is 3.60. The van der Waals surface area contributed by atoms with Crippen LogP contribution in [0.1, 0.15) is 53.5 Å². The predicted octanol–water partition coefficient (Wildman–Crippen LogP) is 3.86. The van der Waals surface area contributed by atoms with E-state index in [1.807, 2.05) is 24.4 Å². The lowest BCUT2D eigenvalue weighted by Gasteiger charge is -2.14. The maximum Gasteiger partial charge on any atom is 0.251 e. The number of rotatable bonds is 5. The van der Waals surface area contributed by atoms with Crippen molar-refractivity contribution in [2.45, 2.75) is 31.7 Å². The number of nitrogens with one attached hydrogen (secondary N) is 1. The van der Waals surface area contributed by atoms with E-state index in [1.54, 1.807) is 16.9 Å². The first-order chi connectivity index (χ1) is 12.1. The summed E-state index contributed by atoms with van der Waals surface area (Å²) in [6.45, 7) is 1.87. The van der Waals surface area contributed by atoms with Gasteiger partial charge in [-0.15, -0.1) is 11.3 Å². The van der Waals surface area contributed by atoms with Crippen molar-refractivity contribution in [1.29, 1.82) is 0 Å². The largest absolute Gasteiger partial charge is 0.342 e. The van der Waals surface area contributed by atoms with Gasteiger partial charge in [0.1, 0.15) is 6.33 Å². The third-order valence-corrected chi connectivity index (χ3v) is 5.11. The minimum Gasteiger partial charge on any atom is -0.342 e. The van der Waals surface area contributed by atoms with Crippen LogP contribution in [0, 0.1) is 0 Å². The van der Waals surface area contributed by atoms with E-state index >= 15 is 0 Å². The number of hydrogen-bond donors (Lipinski definition) is 1. The van der Waals surface area contributed by atoms with Gasteiger partial charge in [0.2, 0.25) is 5.13 Å². The Labute approximate surface area is 167 Å². The maximum absolute atomic E-state index is 12.7. The molecule has 9 heteroatoms. The van der Waals surface area contributed by atoms with Crippen LogP contribution in [-0.4, -0.2) is 25.7 Å². The molecule has 0 radical (unpaired) electrons. The molecule has 1 N–H and O–H groups in total. The van der Waals surface area contributed by atoms with Crippen LogP contribution in [0.4, 0.5) is 0 Å². The summed E-state index contributed by atoms with van der Waals surface area (Å²) in [5.41, 5.74) is 1.71. The summed E-state index contributed by atoms with van der Waals surface area (Å²) in [6.07, 6.45) is 5.49. The first-order valence-corrected chi connectivity index (χ1v) is 9.28. The number of amides is 1. The molecule has 6 nitrogen and oxygen atoms in total. The van der Waals surface area contributed by atoms with Gasteiger partial charge in [0, 0.05) is 22.2 Å². The molecule has 1 amide bonds. The quantitative estimate of drug-likeness (QED) is 0.697. The Kier molecular flexibility index (Phi) is 5.64. The van der Waals surface area contributed by atoms with Crippen molar-refractivity contribution in [2.75, 3.05) is 0 Å². The van der Waals surface area contributed by atoms with Crippen LogP contribution in [-0.2, 0) is 0 Å². The van der Waals surface area contributed by atoms with E-state index < -0.39 is 0 Å². The third-order valence-electron chi connectivity index (χ3n) is 4.14. The Hall–Kier alpha value is -1.90. The third kappa shape index (κ3) is 3.92. The lowest BCUT2D eigenvalue weighted by Crippen LogP contribution is -2.28. The van der Waals surface area contributed by atoms with Crippen molar-refractivity contribution in [2.24, 2.45) is 0 Å². The van der Waals surface area contributed by atoms with Crippen LogP contribution in [0.3, 0.4) is 0 Å². The second kappa shape index (κ2) is 7.77. The van der Waals surface area contributed by atoms with Gasteiger partial charge < -0.3 is 5.32 Å². The fraction of sp³-hybridized carbons (Fsp3) is 0.294. The number of aromatic nitrogens is 4. The molecule has 2 aromatic heterocycles. The van der Waals surface area contributed by atoms with E-state index in [9.17, 15) is 4.79 Å².